The molecule has 0 bridgehead atoms. The zero-order valence-corrected chi connectivity index (χ0v) is 17.6. The van der Waals surface area contributed by atoms with Crippen LogP contribution in [0.2, 0.25) is 5.02 Å². The van der Waals surface area contributed by atoms with Gasteiger partial charge in [0.25, 0.3) is 15.9 Å². The van der Waals surface area contributed by atoms with Crippen molar-refractivity contribution in [2.75, 3.05) is 23.3 Å². The van der Waals surface area contributed by atoms with Crippen LogP contribution in [0, 0.1) is 0 Å². The molecule has 2 aromatic carbocycles. The molecule has 0 aliphatic carbocycles. The molecule has 0 saturated carbocycles. The summed E-state index contributed by atoms with van der Waals surface area (Å²) in [5.41, 5.74) is 2.21. The van der Waals surface area contributed by atoms with E-state index in [4.69, 9.17) is 16.3 Å². The van der Waals surface area contributed by atoms with Gasteiger partial charge in [0.2, 0.25) is 5.88 Å². The second-order valence-electron chi connectivity index (χ2n) is 6.64. The first-order valence-corrected chi connectivity index (χ1v) is 10.9. The number of halogens is 1. The summed E-state index contributed by atoms with van der Waals surface area (Å²) in [4.78, 5) is 16.6. The van der Waals surface area contributed by atoms with Crippen molar-refractivity contribution in [1.82, 2.24) is 4.98 Å². The topological polar surface area (TPSA) is 88.6 Å². The Labute approximate surface area is 179 Å². The number of aromatic nitrogens is 1. The summed E-state index contributed by atoms with van der Waals surface area (Å²) in [6, 6.07) is 14.8. The van der Waals surface area contributed by atoms with E-state index in [9.17, 15) is 13.2 Å². The van der Waals surface area contributed by atoms with Crippen LogP contribution in [0.5, 0.6) is 5.88 Å². The van der Waals surface area contributed by atoms with Crippen molar-refractivity contribution in [3.8, 4) is 5.88 Å². The minimum Gasteiger partial charge on any atom is -0.481 e. The fourth-order valence-corrected chi connectivity index (χ4v) is 5.30. The maximum Gasteiger partial charge on any atom is 0.265 e. The molecule has 7 nitrogen and oxygen atoms in total. The molecule has 4 rings (SSSR count). The van der Waals surface area contributed by atoms with Gasteiger partial charge in [0.15, 0.2) is 0 Å². The Bertz CT molecular complexity index is 1210. The number of benzene rings is 2. The Morgan fingerprint density at radius 1 is 1.17 bits per heavy atom. The van der Waals surface area contributed by atoms with Gasteiger partial charge in [0.05, 0.1) is 29.7 Å². The molecule has 1 amide bonds. The molecule has 0 radical (unpaired) electrons. The molecule has 1 aliphatic rings. The first-order valence-electron chi connectivity index (χ1n) is 9.12. The molecule has 0 fully saturated rings. The van der Waals surface area contributed by atoms with Crippen molar-refractivity contribution in [3.05, 3.63) is 76.9 Å². The van der Waals surface area contributed by atoms with Crippen LogP contribution in [0.4, 0.5) is 11.4 Å². The third-order valence-corrected chi connectivity index (χ3v) is 7.10. The molecule has 1 aliphatic heterocycles. The van der Waals surface area contributed by atoms with E-state index in [1.54, 1.807) is 24.3 Å². The van der Waals surface area contributed by atoms with Crippen LogP contribution in [0.3, 0.4) is 0 Å². The van der Waals surface area contributed by atoms with Crippen LogP contribution in [0.25, 0.3) is 0 Å². The molecule has 3 aromatic rings. The second kappa shape index (κ2) is 7.97. The van der Waals surface area contributed by atoms with Crippen molar-refractivity contribution in [2.45, 2.75) is 11.3 Å². The molecule has 0 unspecified atom stereocenters. The van der Waals surface area contributed by atoms with Gasteiger partial charge in [-0.25, -0.2) is 13.4 Å². The average molecular weight is 444 g/mol. The number of hydrogen-bond acceptors (Lipinski definition) is 5. The number of rotatable bonds is 5. The van der Waals surface area contributed by atoms with Gasteiger partial charge >= 0.3 is 0 Å². The van der Waals surface area contributed by atoms with E-state index in [1.165, 1.54) is 35.8 Å². The van der Waals surface area contributed by atoms with Gasteiger partial charge in [-0.1, -0.05) is 29.8 Å². The Kier molecular flexibility index (Phi) is 5.36. The fourth-order valence-electron chi connectivity index (χ4n) is 3.30. The van der Waals surface area contributed by atoms with Gasteiger partial charge in [0.1, 0.15) is 4.90 Å². The third-order valence-electron chi connectivity index (χ3n) is 4.81. The van der Waals surface area contributed by atoms with Gasteiger partial charge in [-0.15, -0.1) is 0 Å². The SMILES string of the molecule is COc1ccc(NC(=O)c2ccc(Cl)c(S(=O)(=O)N3CCc4ccccc43)c2)cn1. The Morgan fingerprint density at radius 3 is 2.70 bits per heavy atom. The van der Waals surface area contributed by atoms with Crippen molar-refractivity contribution in [3.63, 3.8) is 0 Å². The molecule has 30 heavy (non-hydrogen) atoms. The van der Waals surface area contributed by atoms with Crippen LogP contribution < -0.4 is 14.4 Å². The summed E-state index contributed by atoms with van der Waals surface area (Å²) < 4.78 is 32.9. The Hall–Kier alpha value is -3.10. The molecule has 1 N–H and O–H groups in total. The number of nitrogens with one attached hydrogen (secondary N) is 1. The van der Waals surface area contributed by atoms with E-state index in [-0.39, 0.29) is 15.5 Å². The standard InChI is InChI=1S/C21H18ClN3O4S/c1-29-20-9-7-16(13-23-20)24-21(26)15-6-8-17(22)19(12-15)30(27,28)25-11-10-14-4-2-3-5-18(14)25/h2-9,12-13H,10-11H2,1H3,(H,24,26). The molecule has 9 heteroatoms. The number of fused-ring (bicyclic) bond motifs is 1. The van der Waals surface area contributed by atoms with Crippen molar-refractivity contribution in [1.29, 1.82) is 0 Å². The first-order chi connectivity index (χ1) is 14.4. The predicted molar refractivity (Wildman–Crippen MR) is 115 cm³/mol. The number of carbonyl (C=O) groups is 1. The monoisotopic (exact) mass is 443 g/mol. The first kappa shape index (κ1) is 20.2. The number of ether oxygens (including phenoxy) is 1. The number of para-hydroxylation sites is 1. The summed E-state index contributed by atoms with van der Waals surface area (Å²) >= 11 is 6.22. The summed E-state index contributed by atoms with van der Waals surface area (Å²) in [6.45, 7) is 0.325. The number of carbonyl (C=O) groups excluding carboxylic acids is 1. The average Bonchev–Trinajstić information content (AvgIpc) is 3.19. The highest BCUT2D eigenvalue weighted by Gasteiger charge is 2.32. The van der Waals surface area contributed by atoms with Gasteiger partial charge in [-0.05, 0) is 42.3 Å². The number of anilines is 2. The molecule has 1 aromatic heterocycles. The number of methoxy groups -OCH3 is 1. The normalized spacial score (nSPS) is 13.1. The number of sulfonamides is 1. The molecular formula is C21H18ClN3O4S. The zero-order valence-electron chi connectivity index (χ0n) is 16.0. The van der Waals surface area contributed by atoms with Gasteiger partial charge in [-0.3, -0.25) is 9.10 Å². The van der Waals surface area contributed by atoms with Crippen molar-refractivity contribution < 1.29 is 17.9 Å². The molecule has 0 spiro atoms. The lowest BCUT2D eigenvalue weighted by Crippen LogP contribution is -2.29. The van der Waals surface area contributed by atoms with Crippen LogP contribution >= 0.6 is 11.6 Å². The van der Waals surface area contributed by atoms with Crippen LogP contribution in [0.15, 0.2) is 65.7 Å². The Balaban J connectivity index is 1.64. The van der Waals surface area contributed by atoms with E-state index >= 15 is 0 Å². The van der Waals surface area contributed by atoms with E-state index < -0.39 is 15.9 Å². The summed E-state index contributed by atoms with van der Waals surface area (Å²) in [5.74, 6) is -0.0596. The molecule has 0 saturated heterocycles. The fraction of sp³-hybridized carbons (Fsp3) is 0.143. The van der Waals surface area contributed by atoms with E-state index in [0.29, 0.717) is 30.2 Å². The van der Waals surface area contributed by atoms with Crippen molar-refractivity contribution in [2.24, 2.45) is 0 Å². The summed E-state index contributed by atoms with van der Waals surface area (Å²) in [7, 11) is -2.43. The summed E-state index contributed by atoms with van der Waals surface area (Å²) in [5, 5.41) is 2.74. The van der Waals surface area contributed by atoms with Crippen molar-refractivity contribution >= 4 is 38.9 Å². The maximum atomic E-state index is 13.3. The van der Waals surface area contributed by atoms with Crippen LogP contribution in [0.1, 0.15) is 15.9 Å². The number of pyridine rings is 1. The maximum absolute atomic E-state index is 13.3. The molecule has 0 atom stereocenters. The smallest absolute Gasteiger partial charge is 0.265 e. The largest absolute Gasteiger partial charge is 0.481 e. The quantitative estimate of drug-likeness (QED) is 0.648. The minimum absolute atomic E-state index is 0.0574. The predicted octanol–water partition coefficient (Wildman–Crippen LogP) is 3.75. The Morgan fingerprint density at radius 2 is 1.97 bits per heavy atom. The minimum atomic E-state index is -3.93. The lowest BCUT2D eigenvalue weighted by Gasteiger charge is -2.20. The van der Waals surface area contributed by atoms with E-state index in [0.717, 1.165) is 5.56 Å². The van der Waals surface area contributed by atoms with E-state index in [2.05, 4.69) is 10.3 Å². The van der Waals surface area contributed by atoms with Gasteiger partial charge < -0.3 is 10.1 Å². The molecule has 154 valence electrons. The van der Waals surface area contributed by atoms with Crippen LogP contribution in [-0.2, 0) is 16.4 Å². The van der Waals surface area contributed by atoms with Gasteiger partial charge in [0, 0.05) is 18.2 Å². The highest BCUT2D eigenvalue weighted by atomic mass is 35.5. The summed E-state index contributed by atoms with van der Waals surface area (Å²) in [6.07, 6.45) is 2.07. The molecular weight excluding hydrogens is 426 g/mol. The zero-order chi connectivity index (χ0) is 21.3. The lowest BCUT2D eigenvalue weighted by molar-refractivity contribution is 0.102. The van der Waals surface area contributed by atoms with E-state index in [1.807, 2.05) is 12.1 Å². The highest BCUT2D eigenvalue weighted by Crippen LogP contribution is 2.35. The van der Waals surface area contributed by atoms with Crippen LogP contribution in [-0.4, -0.2) is 33.0 Å². The third kappa shape index (κ3) is 3.71. The number of amides is 1. The lowest BCUT2D eigenvalue weighted by atomic mass is 10.2. The number of hydrogen-bond donors (Lipinski definition) is 1. The highest BCUT2D eigenvalue weighted by molar-refractivity contribution is 7.93. The second-order valence-corrected chi connectivity index (χ2v) is 8.88. The molecule has 2 heterocycles. The van der Waals surface area contributed by atoms with Gasteiger partial charge in [-0.2, -0.15) is 0 Å². The number of nitrogens with zero attached hydrogens (tertiary/aromatic N) is 2.